The highest BCUT2D eigenvalue weighted by Gasteiger charge is 2.32. The molecule has 0 saturated heterocycles. The summed E-state index contributed by atoms with van der Waals surface area (Å²) in [5.74, 6) is -2.14. The smallest absolute Gasteiger partial charge is 0.416 e. The Morgan fingerprint density at radius 3 is 2.33 bits per heavy atom. The van der Waals surface area contributed by atoms with Crippen LogP contribution in [0.15, 0.2) is 18.2 Å². The van der Waals surface area contributed by atoms with Crippen LogP contribution in [-0.4, -0.2) is 25.2 Å². The Morgan fingerprint density at radius 1 is 1.33 bits per heavy atom. The number of sulfonamides is 1. The molecule has 1 aromatic rings. The van der Waals surface area contributed by atoms with Crippen LogP contribution in [0.4, 0.5) is 18.9 Å². The molecule has 0 unspecified atom stereocenters. The summed E-state index contributed by atoms with van der Waals surface area (Å²) in [4.78, 5) is 11.0. The van der Waals surface area contributed by atoms with Crippen molar-refractivity contribution in [3.63, 3.8) is 0 Å². The molecule has 0 atom stereocenters. The second kappa shape index (κ2) is 5.92. The summed E-state index contributed by atoms with van der Waals surface area (Å²) in [6.07, 6.45) is -4.71. The van der Waals surface area contributed by atoms with E-state index in [1.165, 1.54) is 0 Å². The molecule has 0 heterocycles. The van der Waals surface area contributed by atoms with Crippen molar-refractivity contribution in [2.75, 3.05) is 10.5 Å². The summed E-state index contributed by atoms with van der Waals surface area (Å²) in [7, 11) is -3.83. The van der Waals surface area contributed by atoms with E-state index < -0.39 is 39.0 Å². The summed E-state index contributed by atoms with van der Waals surface area (Å²) in [5.41, 5.74) is -2.31. The fraction of sp³-hybridized carbons (Fsp3) is 0.417. The van der Waals surface area contributed by atoms with Crippen LogP contribution in [0, 0.1) is 5.92 Å². The number of carbonyl (C=O) groups is 1. The third-order valence-corrected chi connectivity index (χ3v) is 4.03. The molecule has 0 bridgehead atoms. The van der Waals surface area contributed by atoms with Crippen molar-refractivity contribution in [2.45, 2.75) is 20.0 Å². The Hall–Kier alpha value is -1.77. The van der Waals surface area contributed by atoms with Gasteiger partial charge in [-0.1, -0.05) is 13.8 Å². The van der Waals surface area contributed by atoms with Crippen molar-refractivity contribution < 1.29 is 31.5 Å². The molecule has 2 N–H and O–H groups in total. The van der Waals surface area contributed by atoms with E-state index >= 15 is 0 Å². The van der Waals surface area contributed by atoms with Crippen molar-refractivity contribution in [1.82, 2.24) is 0 Å². The molecule has 21 heavy (non-hydrogen) atoms. The molecule has 0 aliphatic rings. The van der Waals surface area contributed by atoms with Crippen LogP contribution in [0.25, 0.3) is 0 Å². The molecule has 1 aromatic carbocycles. The molecule has 0 saturated carbocycles. The maximum Gasteiger partial charge on any atom is 0.416 e. The van der Waals surface area contributed by atoms with Crippen molar-refractivity contribution in [1.29, 1.82) is 0 Å². The molecule has 9 heteroatoms. The number of anilines is 1. The van der Waals surface area contributed by atoms with Gasteiger partial charge in [0.2, 0.25) is 10.0 Å². The average Bonchev–Trinajstić information content (AvgIpc) is 2.24. The lowest BCUT2D eigenvalue weighted by Crippen LogP contribution is -2.21. The van der Waals surface area contributed by atoms with Gasteiger partial charge in [-0.15, -0.1) is 0 Å². The number of benzene rings is 1. The first-order chi connectivity index (χ1) is 9.42. The predicted molar refractivity (Wildman–Crippen MR) is 70.7 cm³/mol. The number of carboxylic acid groups (broad SMARTS) is 1. The van der Waals surface area contributed by atoms with E-state index in [0.29, 0.717) is 12.1 Å². The van der Waals surface area contributed by atoms with Crippen molar-refractivity contribution in [2.24, 2.45) is 5.92 Å². The van der Waals surface area contributed by atoms with Gasteiger partial charge in [-0.05, 0) is 24.1 Å². The third kappa shape index (κ3) is 4.92. The quantitative estimate of drug-likeness (QED) is 0.872. The first kappa shape index (κ1) is 17.3. The fourth-order valence-electron chi connectivity index (χ4n) is 1.63. The van der Waals surface area contributed by atoms with Gasteiger partial charge in [0, 0.05) is 0 Å². The molecule has 0 aliphatic carbocycles. The Labute approximate surface area is 119 Å². The monoisotopic (exact) mass is 325 g/mol. The minimum atomic E-state index is -4.71. The largest absolute Gasteiger partial charge is 0.478 e. The zero-order valence-electron chi connectivity index (χ0n) is 11.2. The van der Waals surface area contributed by atoms with Gasteiger partial charge >= 0.3 is 12.1 Å². The van der Waals surface area contributed by atoms with Gasteiger partial charge in [-0.25, -0.2) is 13.2 Å². The Bertz CT molecular complexity index is 638. The van der Waals surface area contributed by atoms with Crippen LogP contribution < -0.4 is 4.72 Å². The zero-order valence-corrected chi connectivity index (χ0v) is 12.0. The standard InChI is InChI=1S/C12H14F3NO4S/c1-7(2)6-21(19,20)16-10-4-3-8(12(13,14)15)5-9(10)11(17)18/h3-5,7,16H,6H2,1-2H3,(H,17,18). The lowest BCUT2D eigenvalue weighted by molar-refractivity contribution is -0.137. The summed E-state index contributed by atoms with van der Waals surface area (Å²) in [6, 6.07) is 1.82. The molecule has 118 valence electrons. The van der Waals surface area contributed by atoms with Crippen LogP contribution in [0.3, 0.4) is 0 Å². The van der Waals surface area contributed by atoms with E-state index in [0.717, 1.165) is 6.07 Å². The number of nitrogens with one attached hydrogen (secondary N) is 1. The fourth-order valence-corrected chi connectivity index (χ4v) is 3.11. The van der Waals surface area contributed by atoms with E-state index in [9.17, 15) is 26.4 Å². The van der Waals surface area contributed by atoms with Gasteiger partial charge in [0.15, 0.2) is 0 Å². The number of aromatic carboxylic acids is 1. The van der Waals surface area contributed by atoms with E-state index in [4.69, 9.17) is 5.11 Å². The second-order valence-corrected chi connectivity index (χ2v) is 6.61. The molecular formula is C12H14F3NO4S. The molecule has 0 spiro atoms. The van der Waals surface area contributed by atoms with Gasteiger partial charge in [-0.3, -0.25) is 4.72 Å². The van der Waals surface area contributed by atoms with Crippen LogP contribution in [0.2, 0.25) is 0 Å². The minimum Gasteiger partial charge on any atom is -0.478 e. The first-order valence-electron chi connectivity index (χ1n) is 5.87. The van der Waals surface area contributed by atoms with Crippen molar-refractivity contribution in [3.8, 4) is 0 Å². The van der Waals surface area contributed by atoms with Crippen LogP contribution in [0.1, 0.15) is 29.8 Å². The Kier molecular flexibility index (Phi) is 4.87. The summed E-state index contributed by atoms with van der Waals surface area (Å²) in [6.45, 7) is 3.29. The normalized spacial score (nSPS) is 12.5. The molecule has 5 nitrogen and oxygen atoms in total. The van der Waals surface area contributed by atoms with E-state index in [-0.39, 0.29) is 11.7 Å². The summed E-state index contributed by atoms with van der Waals surface area (Å²) >= 11 is 0. The first-order valence-corrected chi connectivity index (χ1v) is 7.52. The van der Waals surface area contributed by atoms with Gasteiger partial charge < -0.3 is 5.11 Å². The minimum absolute atomic E-state index is 0.217. The zero-order chi connectivity index (χ0) is 16.4. The third-order valence-electron chi connectivity index (χ3n) is 2.40. The number of carboxylic acids is 1. The summed E-state index contributed by atoms with van der Waals surface area (Å²) in [5, 5.41) is 8.93. The van der Waals surface area contributed by atoms with Crippen LogP contribution >= 0.6 is 0 Å². The molecule has 0 radical (unpaired) electrons. The predicted octanol–water partition coefficient (Wildman–Crippen LogP) is 2.80. The van der Waals surface area contributed by atoms with E-state index in [1.807, 2.05) is 4.72 Å². The highest BCUT2D eigenvalue weighted by Crippen LogP contribution is 2.32. The molecule has 0 fully saturated rings. The Balaban J connectivity index is 3.23. The number of hydrogen-bond acceptors (Lipinski definition) is 3. The molecule has 1 rings (SSSR count). The molecule has 0 amide bonds. The summed E-state index contributed by atoms with van der Waals surface area (Å²) < 4.78 is 63.1. The maximum absolute atomic E-state index is 12.5. The number of alkyl halides is 3. The van der Waals surface area contributed by atoms with Gasteiger partial charge in [0.1, 0.15) is 0 Å². The second-order valence-electron chi connectivity index (χ2n) is 4.84. The van der Waals surface area contributed by atoms with E-state index in [2.05, 4.69) is 0 Å². The van der Waals surface area contributed by atoms with Crippen molar-refractivity contribution >= 4 is 21.7 Å². The molecule has 0 aromatic heterocycles. The van der Waals surface area contributed by atoms with E-state index in [1.54, 1.807) is 13.8 Å². The highest BCUT2D eigenvalue weighted by molar-refractivity contribution is 7.92. The Morgan fingerprint density at radius 2 is 1.90 bits per heavy atom. The van der Waals surface area contributed by atoms with Crippen molar-refractivity contribution in [3.05, 3.63) is 29.3 Å². The maximum atomic E-state index is 12.5. The van der Waals surface area contributed by atoms with Gasteiger partial charge in [-0.2, -0.15) is 13.2 Å². The number of halogens is 3. The average molecular weight is 325 g/mol. The SMILES string of the molecule is CC(C)CS(=O)(=O)Nc1ccc(C(F)(F)F)cc1C(=O)O. The molecule has 0 aliphatic heterocycles. The highest BCUT2D eigenvalue weighted by atomic mass is 32.2. The van der Waals surface area contributed by atoms with Crippen LogP contribution in [0.5, 0.6) is 0 Å². The topological polar surface area (TPSA) is 83.5 Å². The lowest BCUT2D eigenvalue weighted by atomic mass is 10.1. The molecular weight excluding hydrogens is 311 g/mol. The van der Waals surface area contributed by atoms with Crippen LogP contribution in [-0.2, 0) is 16.2 Å². The number of hydrogen-bond donors (Lipinski definition) is 2. The van der Waals surface area contributed by atoms with Gasteiger partial charge in [0.25, 0.3) is 0 Å². The number of rotatable bonds is 5. The van der Waals surface area contributed by atoms with Gasteiger partial charge in [0.05, 0.1) is 22.6 Å². The lowest BCUT2D eigenvalue weighted by Gasteiger charge is -2.14.